The van der Waals surface area contributed by atoms with Crippen molar-refractivity contribution < 1.29 is 4.79 Å². The molecule has 0 radical (unpaired) electrons. The van der Waals surface area contributed by atoms with Crippen LogP contribution < -0.4 is 5.32 Å². The molecule has 0 saturated carbocycles. The van der Waals surface area contributed by atoms with E-state index in [-0.39, 0.29) is 11.8 Å². The Balaban J connectivity index is 1.69. The Bertz CT molecular complexity index is 1010. The van der Waals surface area contributed by atoms with E-state index in [1.54, 1.807) is 0 Å². The van der Waals surface area contributed by atoms with Gasteiger partial charge in [0, 0.05) is 23.3 Å². The van der Waals surface area contributed by atoms with Gasteiger partial charge in [0.2, 0.25) is 5.95 Å². The Morgan fingerprint density at radius 1 is 0.962 bits per heavy atom. The molecule has 1 N–H and O–H groups in total. The summed E-state index contributed by atoms with van der Waals surface area (Å²) >= 11 is 0. The van der Waals surface area contributed by atoms with Crippen LogP contribution in [-0.4, -0.2) is 20.5 Å². The highest BCUT2D eigenvalue weighted by atomic mass is 16.1. The zero-order valence-corrected chi connectivity index (χ0v) is 14.2. The van der Waals surface area contributed by atoms with Crippen LogP contribution in [0.5, 0.6) is 0 Å². The number of anilines is 1. The van der Waals surface area contributed by atoms with Gasteiger partial charge < -0.3 is 5.32 Å². The summed E-state index contributed by atoms with van der Waals surface area (Å²) < 4.78 is 1.86. The monoisotopic (exact) mass is 342 g/mol. The first-order valence-corrected chi connectivity index (χ1v) is 8.91. The molecule has 2 aromatic carbocycles. The summed E-state index contributed by atoms with van der Waals surface area (Å²) in [6.07, 6.45) is 2.35. The lowest BCUT2D eigenvalue weighted by Crippen LogP contribution is -2.31. The molecule has 1 aliphatic heterocycles. The number of fused-ring (bicyclic) bond motifs is 1. The van der Waals surface area contributed by atoms with Gasteiger partial charge in [-0.1, -0.05) is 60.7 Å². The third kappa shape index (κ3) is 2.36. The average molecular weight is 342 g/mol. The van der Waals surface area contributed by atoms with Crippen LogP contribution in [0, 0.1) is 0 Å². The Morgan fingerprint density at radius 3 is 2.46 bits per heavy atom. The minimum absolute atomic E-state index is 0.204. The van der Waals surface area contributed by atoms with E-state index < -0.39 is 0 Å². The van der Waals surface area contributed by atoms with Crippen LogP contribution in [0.25, 0.3) is 11.4 Å². The molecule has 26 heavy (non-hydrogen) atoms. The van der Waals surface area contributed by atoms with E-state index in [0.717, 1.165) is 35.2 Å². The molecule has 1 atom stereocenters. The third-order valence-corrected chi connectivity index (χ3v) is 5.02. The first-order chi connectivity index (χ1) is 12.8. The molecule has 0 saturated heterocycles. The third-order valence-electron chi connectivity index (χ3n) is 5.02. The summed E-state index contributed by atoms with van der Waals surface area (Å²) in [5, 5.41) is 8.13. The van der Waals surface area contributed by atoms with E-state index in [1.165, 1.54) is 0 Å². The standard InChI is InChI=1S/C21H18N4O/c26-17-13-7-12-16-18(17)19(14-8-3-1-4-9-14)25-21(22-16)23-20(24-25)15-10-5-2-6-11-15/h1-6,8-11,19H,7,12-13H2,(H,22,23,24)/t19-/m1/s1. The summed E-state index contributed by atoms with van der Waals surface area (Å²) in [5.41, 5.74) is 3.85. The predicted octanol–water partition coefficient (Wildman–Crippen LogP) is 3.97. The van der Waals surface area contributed by atoms with Crippen LogP contribution in [0.4, 0.5) is 5.95 Å². The number of allylic oxidation sites excluding steroid dienone is 2. The van der Waals surface area contributed by atoms with Gasteiger partial charge in [0.25, 0.3) is 0 Å². The van der Waals surface area contributed by atoms with E-state index in [2.05, 4.69) is 17.4 Å². The normalized spacial score (nSPS) is 18.9. The van der Waals surface area contributed by atoms with Crippen molar-refractivity contribution in [1.82, 2.24) is 14.8 Å². The number of nitrogens with one attached hydrogen (secondary N) is 1. The van der Waals surface area contributed by atoms with Crippen molar-refractivity contribution in [3.63, 3.8) is 0 Å². The van der Waals surface area contributed by atoms with Crippen molar-refractivity contribution in [2.45, 2.75) is 25.3 Å². The second kappa shape index (κ2) is 5.95. The Kier molecular flexibility index (Phi) is 3.45. The first kappa shape index (κ1) is 15.1. The van der Waals surface area contributed by atoms with Crippen molar-refractivity contribution in [1.29, 1.82) is 0 Å². The van der Waals surface area contributed by atoms with E-state index in [9.17, 15) is 4.79 Å². The van der Waals surface area contributed by atoms with Crippen LogP contribution in [0.1, 0.15) is 30.9 Å². The molecular formula is C21H18N4O. The summed E-state index contributed by atoms with van der Waals surface area (Å²) in [7, 11) is 0. The highest BCUT2D eigenvalue weighted by Crippen LogP contribution is 2.40. The zero-order valence-electron chi connectivity index (χ0n) is 14.2. The van der Waals surface area contributed by atoms with Crippen LogP contribution in [-0.2, 0) is 4.79 Å². The number of carbonyl (C=O) groups excluding carboxylic acids is 1. The molecule has 0 amide bonds. The number of carbonyl (C=O) groups is 1. The molecule has 0 bridgehead atoms. The van der Waals surface area contributed by atoms with Gasteiger partial charge in [-0.05, 0) is 18.4 Å². The molecule has 1 aliphatic carbocycles. The molecular weight excluding hydrogens is 324 g/mol. The lowest BCUT2D eigenvalue weighted by molar-refractivity contribution is -0.116. The minimum Gasteiger partial charge on any atom is -0.328 e. The number of ketones is 1. The number of Topliss-reactive ketones (excluding diaryl/α,β-unsaturated/α-hetero) is 1. The van der Waals surface area contributed by atoms with Crippen molar-refractivity contribution in [2.75, 3.05) is 5.32 Å². The minimum atomic E-state index is -0.222. The molecule has 5 heteroatoms. The Labute approximate surface area is 151 Å². The first-order valence-electron chi connectivity index (χ1n) is 8.91. The van der Waals surface area contributed by atoms with Crippen LogP contribution in [0.3, 0.4) is 0 Å². The zero-order chi connectivity index (χ0) is 17.5. The second-order valence-corrected chi connectivity index (χ2v) is 6.68. The highest BCUT2D eigenvalue weighted by molar-refractivity contribution is 5.99. The number of hydrogen-bond donors (Lipinski definition) is 1. The van der Waals surface area contributed by atoms with Crippen LogP contribution in [0.2, 0.25) is 0 Å². The van der Waals surface area contributed by atoms with Gasteiger partial charge in [0.15, 0.2) is 11.6 Å². The van der Waals surface area contributed by atoms with Gasteiger partial charge in [0.05, 0.1) is 0 Å². The molecule has 5 rings (SSSR count). The van der Waals surface area contributed by atoms with Gasteiger partial charge in [-0.2, -0.15) is 4.98 Å². The highest BCUT2D eigenvalue weighted by Gasteiger charge is 2.36. The molecule has 0 spiro atoms. The SMILES string of the molecule is O=C1CCCC2=C1[C@@H](c1ccccc1)n1nc(-c3ccccc3)nc1N2. The van der Waals surface area contributed by atoms with E-state index in [4.69, 9.17) is 10.1 Å². The number of nitrogens with zero attached hydrogens (tertiary/aromatic N) is 3. The van der Waals surface area contributed by atoms with Gasteiger partial charge in [-0.25, -0.2) is 4.68 Å². The maximum atomic E-state index is 12.7. The topological polar surface area (TPSA) is 59.8 Å². The molecule has 2 heterocycles. The number of aromatic nitrogens is 3. The van der Waals surface area contributed by atoms with Crippen LogP contribution >= 0.6 is 0 Å². The fourth-order valence-corrected chi connectivity index (χ4v) is 3.81. The van der Waals surface area contributed by atoms with E-state index in [0.29, 0.717) is 18.2 Å². The Hall–Kier alpha value is -3.21. The fraction of sp³-hybridized carbons (Fsp3) is 0.190. The van der Waals surface area contributed by atoms with Crippen molar-refractivity contribution >= 4 is 11.7 Å². The molecule has 5 nitrogen and oxygen atoms in total. The summed E-state index contributed by atoms with van der Waals surface area (Å²) in [6, 6.07) is 19.8. The van der Waals surface area contributed by atoms with Crippen LogP contribution in [0.15, 0.2) is 71.9 Å². The largest absolute Gasteiger partial charge is 0.328 e. The van der Waals surface area contributed by atoms with E-state index in [1.807, 2.05) is 53.2 Å². The molecule has 0 fully saturated rings. The summed E-state index contributed by atoms with van der Waals surface area (Å²) in [5.74, 6) is 1.57. The number of hydrogen-bond acceptors (Lipinski definition) is 4. The number of rotatable bonds is 2. The van der Waals surface area contributed by atoms with E-state index >= 15 is 0 Å². The van der Waals surface area contributed by atoms with Gasteiger partial charge in [-0.15, -0.1) is 5.10 Å². The smallest absolute Gasteiger partial charge is 0.226 e. The van der Waals surface area contributed by atoms with Gasteiger partial charge >= 0.3 is 0 Å². The molecule has 128 valence electrons. The molecule has 0 unspecified atom stereocenters. The van der Waals surface area contributed by atoms with Crippen molar-refractivity contribution in [2.24, 2.45) is 0 Å². The average Bonchev–Trinajstić information content (AvgIpc) is 3.12. The maximum absolute atomic E-state index is 12.7. The fourth-order valence-electron chi connectivity index (χ4n) is 3.81. The molecule has 1 aromatic heterocycles. The van der Waals surface area contributed by atoms with Crippen molar-refractivity contribution in [3.8, 4) is 11.4 Å². The summed E-state index contributed by atoms with van der Waals surface area (Å²) in [6.45, 7) is 0. The lowest BCUT2D eigenvalue weighted by atomic mass is 9.85. The maximum Gasteiger partial charge on any atom is 0.226 e. The quantitative estimate of drug-likeness (QED) is 0.765. The molecule has 3 aromatic rings. The molecule has 2 aliphatic rings. The van der Waals surface area contributed by atoms with Gasteiger partial charge in [0.1, 0.15) is 6.04 Å². The number of benzene rings is 2. The van der Waals surface area contributed by atoms with Gasteiger partial charge in [-0.3, -0.25) is 4.79 Å². The summed E-state index contributed by atoms with van der Waals surface area (Å²) in [4.78, 5) is 17.4. The van der Waals surface area contributed by atoms with Crippen molar-refractivity contribution in [3.05, 3.63) is 77.5 Å². The second-order valence-electron chi connectivity index (χ2n) is 6.68. The predicted molar refractivity (Wildman–Crippen MR) is 99.5 cm³/mol. The Morgan fingerprint density at radius 2 is 1.69 bits per heavy atom. The lowest BCUT2D eigenvalue weighted by Gasteiger charge is -2.32.